The summed E-state index contributed by atoms with van der Waals surface area (Å²) in [5, 5.41) is 9.68. The van der Waals surface area contributed by atoms with Crippen molar-refractivity contribution >= 4 is 0 Å². The normalized spacial score (nSPS) is 19.3. The van der Waals surface area contributed by atoms with Crippen LogP contribution in [-0.2, 0) is 0 Å². The van der Waals surface area contributed by atoms with E-state index in [0.29, 0.717) is 11.3 Å². The highest BCUT2D eigenvalue weighted by molar-refractivity contribution is 5.35. The van der Waals surface area contributed by atoms with Gasteiger partial charge in [-0.2, -0.15) is 0 Å². The minimum atomic E-state index is -0.633. The molecule has 1 saturated carbocycles. The number of hydrogen-bond acceptors (Lipinski definition) is 2. The number of aliphatic hydroxyl groups is 1. The maximum Gasteiger partial charge on any atom is 0.128 e. The summed E-state index contributed by atoms with van der Waals surface area (Å²) in [5.41, 5.74) is 0.667. The first-order valence-electron chi connectivity index (χ1n) is 6.81. The van der Waals surface area contributed by atoms with Gasteiger partial charge in [0.1, 0.15) is 11.6 Å². The van der Waals surface area contributed by atoms with E-state index in [2.05, 4.69) is 0 Å². The molecule has 100 valence electrons. The van der Waals surface area contributed by atoms with Crippen molar-refractivity contribution < 1.29 is 14.2 Å². The lowest BCUT2D eigenvalue weighted by molar-refractivity contribution is 0.161. The highest BCUT2D eigenvalue weighted by atomic mass is 19.1. The second kappa shape index (κ2) is 6.19. The number of rotatable bonds is 3. The minimum absolute atomic E-state index is 0.159. The Morgan fingerprint density at radius 3 is 2.50 bits per heavy atom. The molecule has 2 rings (SSSR count). The maximum atomic E-state index is 13.3. The molecule has 3 heteroatoms. The maximum absolute atomic E-state index is 13.3. The Bertz CT molecular complexity index is 382. The molecule has 1 aliphatic rings. The fourth-order valence-electron chi connectivity index (χ4n) is 2.49. The molecular weight excluding hydrogens is 231 g/mol. The largest absolute Gasteiger partial charge is 0.490 e. The van der Waals surface area contributed by atoms with Gasteiger partial charge in [-0.15, -0.1) is 0 Å². The predicted octanol–water partition coefficient (Wildman–Crippen LogP) is 3.98. The van der Waals surface area contributed by atoms with Gasteiger partial charge in [0, 0.05) is 11.6 Å². The van der Waals surface area contributed by atoms with Gasteiger partial charge in [0.15, 0.2) is 0 Å². The molecule has 2 nitrogen and oxygen atoms in total. The number of aliphatic hydroxyl groups excluding tert-OH is 1. The van der Waals surface area contributed by atoms with E-state index in [9.17, 15) is 9.50 Å². The third kappa shape index (κ3) is 3.45. The molecule has 1 aromatic carbocycles. The average Bonchev–Trinajstić information content (AvgIpc) is 2.57. The van der Waals surface area contributed by atoms with E-state index >= 15 is 0 Å². The zero-order valence-corrected chi connectivity index (χ0v) is 10.9. The van der Waals surface area contributed by atoms with Gasteiger partial charge in [0.05, 0.1) is 12.2 Å². The topological polar surface area (TPSA) is 29.5 Å². The van der Waals surface area contributed by atoms with Crippen LogP contribution in [0.25, 0.3) is 0 Å². The fourth-order valence-corrected chi connectivity index (χ4v) is 2.49. The Balaban J connectivity index is 2.13. The molecule has 1 aromatic rings. The molecular formula is C15H21FO2. The fraction of sp³-hybridized carbons (Fsp3) is 0.600. The van der Waals surface area contributed by atoms with Crippen LogP contribution in [0, 0.1) is 5.82 Å². The summed E-state index contributed by atoms with van der Waals surface area (Å²) < 4.78 is 19.2. The first-order valence-corrected chi connectivity index (χ1v) is 6.81. The Morgan fingerprint density at radius 1 is 1.22 bits per heavy atom. The lowest BCUT2D eigenvalue weighted by atomic mass is 10.1. The van der Waals surface area contributed by atoms with E-state index in [4.69, 9.17) is 4.74 Å². The molecule has 18 heavy (non-hydrogen) atoms. The van der Waals surface area contributed by atoms with Crippen molar-refractivity contribution in [3.63, 3.8) is 0 Å². The van der Waals surface area contributed by atoms with Gasteiger partial charge in [-0.05, 0) is 44.7 Å². The van der Waals surface area contributed by atoms with Crippen molar-refractivity contribution in [2.24, 2.45) is 0 Å². The molecule has 0 radical (unpaired) electrons. The monoisotopic (exact) mass is 252 g/mol. The van der Waals surface area contributed by atoms with Crippen molar-refractivity contribution in [3.05, 3.63) is 29.6 Å². The van der Waals surface area contributed by atoms with E-state index in [1.807, 2.05) is 0 Å². The van der Waals surface area contributed by atoms with Crippen LogP contribution < -0.4 is 4.74 Å². The number of benzene rings is 1. The summed E-state index contributed by atoms with van der Waals surface area (Å²) >= 11 is 0. The molecule has 0 aromatic heterocycles. The Kier molecular flexibility index (Phi) is 4.59. The lowest BCUT2D eigenvalue weighted by Gasteiger charge is -2.20. The molecule has 0 bridgehead atoms. The van der Waals surface area contributed by atoms with Crippen LogP contribution in [0.15, 0.2) is 18.2 Å². The van der Waals surface area contributed by atoms with E-state index in [0.717, 1.165) is 12.8 Å². The smallest absolute Gasteiger partial charge is 0.128 e. The standard InChI is InChI=1S/C15H21FO2/c1-11(17)14-9-8-12(16)10-15(14)18-13-6-4-2-3-5-7-13/h8-11,13,17H,2-7H2,1H3. The van der Waals surface area contributed by atoms with E-state index < -0.39 is 6.10 Å². The van der Waals surface area contributed by atoms with Gasteiger partial charge >= 0.3 is 0 Å². The molecule has 1 unspecified atom stereocenters. The highest BCUT2D eigenvalue weighted by Gasteiger charge is 2.17. The Hall–Kier alpha value is -1.09. The van der Waals surface area contributed by atoms with Crippen LogP contribution in [-0.4, -0.2) is 11.2 Å². The van der Waals surface area contributed by atoms with Crippen molar-refractivity contribution in [2.45, 2.75) is 57.7 Å². The number of ether oxygens (including phenoxy) is 1. The first kappa shape index (κ1) is 13.3. The molecule has 0 heterocycles. The molecule has 0 saturated heterocycles. The third-order valence-electron chi connectivity index (χ3n) is 3.52. The van der Waals surface area contributed by atoms with E-state index in [1.54, 1.807) is 13.0 Å². The molecule has 0 spiro atoms. The molecule has 1 atom stereocenters. The summed E-state index contributed by atoms with van der Waals surface area (Å²) in [6, 6.07) is 4.35. The second-order valence-electron chi connectivity index (χ2n) is 5.09. The van der Waals surface area contributed by atoms with Crippen molar-refractivity contribution in [2.75, 3.05) is 0 Å². The van der Waals surface area contributed by atoms with Gasteiger partial charge < -0.3 is 9.84 Å². The Labute approximate surface area is 108 Å². The van der Waals surface area contributed by atoms with Gasteiger partial charge in [-0.25, -0.2) is 4.39 Å². The highest BCUT2D eigenvalue weighted by Crippen LogP contribution is 2.29. The molecule has 1 N–H and O–H groups in total. The quantitative estimate of drug-likeness (QED) is 0.824. The van der Waals surface area contributed by atoms with Gasteiger partial charge in [0.25, 0.3) is 0 Å². The van der Waals surface area contributed by atoms with E-state index in [1.165, 1.54) is 37.8 Å². The van der Waals surface area contributed by atoms with Crippen LogP contribution in [0.5, 0.6) is 5.75 Å². The van der Waals surface area contributed by atoms with Crippen molar-refractivity contribution in [3.8, 4) is 5.75 Å². The Morgan fingerprint density at radius 2 is 1.89 bits per heavy atom. The lowest BCUT2D eigenvalue weighted by Crippen LogP contribution is -2.16. The second-order valence-corrected chi connectivity index (χ2v) is 5.09. The molecule has 1 fully saturated rings. The summed E-state index contributed by atoms with van der Waals surface area (Å²) in [6.45, 7) is 1.67. The van der Waals surface area contributed by atoms with Crippen LogP contribution in [0.4, 0.5) is 4.39 Å². The van der Waals surface area contributed by atoms with Crippen LogP contribution in [0.2, 0.25) is 0 Å². The molecule has 1 aliphatic carbocycles. The van der Waals surface area contributed by atoms with E-state index in [-0.39, 0.29) is 11.9 Å². The zero-order chi connectivity index (χ0) is 13.0. The average molecular weight is 252 g/mol. The summed E-state index contributed by atoms with van der Waals surface area (Å²) in [6.07, 6.45) is 6.43. The van der Waals surface area contributed by atoms with Crippen LogP contribution >= 0.6 is 0 Å². The third-order valence-corrected chi connectivity index (χ3v) is 3.52. The zero-order valence-electron chi connectivity index (χ0n) is 10.9. The first-order chi connectivity index (χ1) is 8.66. The van der Waals surface area contributed by atoms with Gasteiger partial charge in [-0.1, -0.05) is 12.8 Å². The molecule has 0 amide bonds. The number of hydrogen-bond donors (Lipinski definition) is 1. The van der Waals surface area contributed by atoms with Crippen LogP contribution in [0.3, 0.4) is 0 Å². The van der Waals surface area contributed by atoms with Crippen molar-refractivity contribution in [1.29, 1.82) is 0 Å². The summed E-state index contributed by atoms with van der Waals surface area (Å²) in [7, 11) is 0. The van der Waals surface area contributed by atoms with Gasteiger partial charge in [0.2, 0.25) is 0 Å². The minimum Gasteiger partial charge on any atom is -0.490 e. The van der Waals surface area contributed by atoms with Gasteiger partial charge in [-0.3, -0.25) is 0 Å². The number of halogens is 1. The molecule has 0 aliphatic heterocycles. The van der Waals surface area contributed by atoms with Crippen molar-refractivity contribution in [1.82, 2.24) is 0 Å². The predicted molar refractivity (Wildman–Crippen MR) is 69.2 cm³/mol. The SMILES string of the molecule is CC(O)c1ccc(F)cc1OC1CCCCCC1. The van der Waals surface area contributed by atoms with Crippen LogP contribution in [0.1, 0.15) is 57.1 Å². The summed E-state index contributed by atoms with van der Waals surface area (Å²) in [5.74, 6) is 0.180. The summed E-state index contributed by atoms with van der Waals surface area (Å²) in [4.78, 5) is 0.